The maximum Gasteiger partial charge on any atom is 0.0766 e. The Morgan fingerprint density at radius 1 is 1.36 bits per heavy atom. The lowest BCUT2D eigenvalue weighted by Crippen LogP contribution is -2.42. The molecule has 86 valence electrons. The van der Waals surface area contributed by atoms with Gasteiger partial charge in [-0.05, 0) is 44.2 Å². The van der Waals surface area contributed by atoms with E-state index in [2.05, 4.69) is 25.4 Å². The van der Waals surface area contributed by atoms with Gasteiger partial charge in [0.05, 0.1) is 5.60 Å². The van der Waals surface area contributed by atoms with Crippen molar-refractivity contribution in [1.29, 1.82) is 0 Å². The first-order chi connectivity index (χ1) is 6.50. The van der Waals surface area contributed by atoms with Crippen LogP contribution < -0.4 is 5.32 Å². The predicted octanol–water partition coefficient (Wildman–Crippen LogP) is 2.13. The van der Waals surface area contributed by atoms with Crippen LogP contribution in [0.3, 0.4) is 0 Å². The van der Waals surface area contributed by atoms with Crippen LogP contribution in [0.4, 0.5) is 0 Å². The first-order valence-electron chi connectivity index (χ1n) is 5.42. The maximum absolute atomic E-state index is 9.93. The van der Waals surface area contributed by atoms with Crippen molar-refractivity contribution in [2.24, 2.45) is 5.92 Å². The lowest BCUT2D eigenvalue weighted by Gasteiger charge is -2.27. The highest BCUT2D eigenvalue weighted by atomic mass is 32.2. The largest absolute Gasteiger partial charge is 0.389 e. The highest BCUT2D eigenvalue weighted by Gasteiger charge is 2.23. The summed E-state index contributed by atoms with van der Waals surface area (Å²) in [6, 6.07) is 0. The van der Waals surface area contributed by atoms with Gasteiger partial charge in [-0.3, -0.25) is 0 Å². The third kappa shape index (κ3) is 6.68. The monoisotopic (exact) mass is 219 g/mol. The van der Waals surface area contributed by atoms with E-state index in [1.165, 1.54) is 18.6 Å². The highest BCUT2D eigenvalue weighted by Crippen LogP contribution is 2.14. The van der Waals surface area contributed by atoms with Crippen molar-refractivity contribution in [1.82, 2.24) is 5.32 Å². The molecule has 1 unspecified atom stereocenters. The Hall–Kier alpha value is 0.270. The molecule has 0 aromatic carbocycles. The van der Waals surface area contributed by atoms with Crippen LogP contribution in [0.25, 0.3) is 0 Å². The summed E-state index contributed by atoms with van der Waals surface area (Å²) < 4.78 is 0. The van der Waals surface area contributed by atoms with Crippen LogP contribution in [-0.2, 0) is 0 Å². The summed E-state index contributed by atoms with van der Waals surface area (Å²) in [5, 5.41) is 13.2. The third-order valence-corrected chi connectivity index (χ3v) is 3.38. The van der Waals surface area contributed by atoms with E-state index in [1.54, 1.807) is 0 Å². The fourth-order valence-electron chi connectivity index (χ4n) is 1.04. The van der Waals surface area contributed by atoms with E-state index in [1.807, 2.05) is 18.7 Å². The molecule has 2 N–H and O–H groups in total. The Labute approximate surface area is 92.9 Å². The van der Waals surface area contributed by atoms with Crippen molar-refractivity contribution >= 4 is 11.8 Å². The first kappa shape index (κ1) is 14.3. The molecule has 14 heavy (non-hydrogen) atoms. The van der Waals surface area contributed by atoms with Crippen molar-refractivity contribution < 1.29 is 5.11 Å². The van der Waals surface area contributed by atoms with E-state index in [4.69, 9.17) is 0 Å². The standard InChI is InChI=1S/C11H25NOS/c1-10(2)11(3,13)9-12-7-5-6-8-14-4/h10,12-13H,5-9H2,1-4H3. The van der Waals surface area contributed by atoms with E-state index in [0.29, 0.717) is 12.5 Å². The van der Waals surface area contributed by atoms with E-state index in [-0.39, 0.29) is 0 Å². The van der Waals surface area contributed by atoms with Crippen LogP contribution in [0.15, 0.2) is 0 Å². The SMILES string of the molecule is CSCCCCNCC(C)(O)C(C)C. The molecule has 3 heteroatoms. The van der Waals surface area contributed by atoms with Crippen molar-refractivity contribution in [3.8, 4) is 0 Å². The fourth-order valence-corrected chi connectivity index (χ4v) is 1.53. The van der Waals surface area contributed by atoms with Gasteiger partial charge in [0.2, 0.25) is 0 Å². The quantitative estimate of drug-likeness (QED) is 0.613. The lowest BCUT2D eigenvalue weighted by molar-refractivity contribution is 0.0144. The molecule has 0 bridgehead atoms. The van der Waals surface area contributed by atoms with Gasteiger partial charge in [0.15, 0.2) is 0 Å². The Morgan fingerprint density at radius 2 is 2.00 bits per heavy atom. The minimum atomic E-state index is -0.570. The Bertz CT molecular complexity index is 137. The second kappa shape index (κ2) is 7.55. The van der Waals surface area contributed by atoms with Gasteiger partial charge < -0.3 is 10.4 Å². The van der Waals surface area contributed by atoms with Crippen LogP contribution >= 0.6 is 11.8 Å². The van der Waals surface area contributed by atoms with E-state index in [0.717, 1.165) is 6.54 Å². The Balaban J connectivity index is 3.35. The third-order valence-electron chi connectivity index (χ3n) is 2.68. The minimum absolute atomic E-state index is 0.307. The van der Waals surface area contributed by atoms with Crippen LogP contribution in [0.5, 0.6) is 0 Å². The zero-order valence-corrected chi connectivity index (χ0v) is 10.8. The molecule has 0 amide bonds. The van der Waals surface area contributed by atoms with Crippen LogP contribution in [0.1, 0.15) is 33.6 Å². The molecular formula is C11H25NOS. The number of thioether (sulfide) groups is 1. The van der Waals surface area contributed by atoms with Gasteiger partial charge in [-0.25, -0.2) is 0 Å². The molecule has 0 aliphatic heterocycles. The zero-order chi connectivity index (χ0) is 11.0. The first-order valence-corrected chi connectivity index (χ1v) is 6.82. The van der Waals surface area contributed by atoms with E-state index in [9.17, 15) is 5.11 Å². The van der Waals surface area contributed by atoms with E-state index < -0.39 is 5.60 Å². The predicted molar refractivity (Wildman–Crippen MR) is 65.9 cm³/mol. The molecule has 0 radical (unpaired) electrons. The van der Waals surface area contributed by atoms with Gasteiger partial charge >= 0.3 is 0 Å². The molecule has 0 spiro atoms. The van der Waals surface area contributed by atoms with Crippen molar-refractivity contribution in [3.05, 3.63) is 0 Å². The van der Waals surface area contributed by atoms with Crippen LogP contribution in [0.2, 0.25) is 0 Å². The zero-order valence-electron chi connectivity index (χ0n) is 9.97. The van der Waals surface area contributed by atoms with Crippen molar-refractivity contribution in [2.45, 2.75) is 39.2 Å². The Morgan fingerprint density at radius 3 is 2.50 bits per heavy atom. The summed E-state index contributed by atoms with van der Waals surface area (Å²) in [6.07, 6.45) is 4.60. The smallest absolute Gasteiger partial charge is 0.0766 e. The van der Waals surface area contributed by atoms with Gasteiger partial charge in [-0.15, -0.1) is 0 Å². The molecule has 0 saturated heterocycles. The summed E-state index contributed by atoms with van der Waals surface area (Å²) in [6.45, 7) is 7.71. The van der Waals surface area contributed by atoms with Crippen molar-refractivity contribution in [2.75, 3.05) is 25.1 Å². The number of rotatable bonds is 8. The summed E-state index contributed by atoms with van der Waals surface area (Å²) >= 11 is 1.89. The number of aliphatic hydroxyl groups is 1. The molecule has 0 fully saturated rings. The van der Waals surface area contributed by atoms with Crippen molar-refractivity contribution in [3.63, 3.8) is 0 Å². The van der Waals surface area contributed by atoms with Crippen LogP contribution in [0, 0.1) is 5.92 Å². The van der Waals surface area contributed by atoms with Gasteiger partial charge in [-0.1, -0.05) is 13.8 Å². The molecule has 0 aliphatic rings. The van der Waals surface area contributed by atoms with Gasteiger partial charge in [0.25, 0.3) is 0 Å². The molecule has 0 heterocycles. The fraction of sp³-hybridized carbons (Fsp3) is 1.00. The van der Waals surface area contributed by atoms with E-state index >= 15 is 0 Å². The highest BCUT2D eigenvalue weighted by molar-refractivity contribution is 7.98. The lowest BCUT2D eigenvalue weighted by atomic mass is 9.92. The normalized spacial score (nSPS) is 15.9. The minimum Gasteiger partial charge on any atom is -0.389 e. The summed E-state index contributed by atoms with van der Waals surface area (Å²) in [5.41, 5.74) is -0.570. The Kier molecular flexibility index (Phi) is 7.69. The molecule has 0 aromatic heterocycles. The number of hydrogen-bond donors (Lipinski definition) is 2. The topological polar surface area (TPSA) is 32.3 Å². The number of nitrogens with one attached hydrogen (secondary N) is 1. The van der Waals surface area contributed by atoms with Gasteiger partial charge in [0.1, 0.15) is 0 Å². The molecular weight excluding hydrogens is 194 g/mol. The molecule has 0 saturated carbocycles. The van der Waals surface area contributed by atoms with Gasteiger partial charge in [0, 0.05) is 6.54 Å². The summed E-state index contributed by atoms with van der Waals surface area (Å²) in [4.78, 5) is 0. The maximum atomic E-state index is 9.93. The van der Waals surface area contributed by atoms with Gasteiger partial charge in [-0.2, -0.15) is 11.8 Å². The average molecular weight is 219 g/mol. The number of hydrogen-bond acceptors (Lipinski definition) is 3. The molecule has 2 nitrogen and oxygen atoms in total. The summed E-state index contributed by atoms with van der Waals surface area (Å²) in [5.74, 6) is 1.55. The number of unbranched alkanes of at least 4 members (excludes halogenated alkanes) is 1. The average Bonchev–Trinajstić information content (AvgIpc) is 2.10. The molecule has 0 aromatic rings. The second-order valence-electron chi connectivity index (χ2n) is 4.39. The molecule has 0 rings (SSSR count). The summed E-state index contributed by atoms with van der Waals surface area (Å²) in [7, 11) is 0. The molecule has 1 atom stereocenters. The molecule has 0 aliphatic carbocycles. The second-order valence-corrected chi connectivity index (χ2v) is 5.37. The van der Waals surface area contributed by atoms with Crippen LogP contribution in [-0.4, -0.2) is 35.8 Å².